The van der Waals surface area contributed by atoms with E-state index in [0.717, 1.165) is 45.2 Å². The molecule has 1 aliphatic heterocycles. The van der Waals surface area contributed by atoms with Crippen molar-refractivity contribution in [3.63, 3.8) is 0 Å². The lowest BCUT2D eigenvalue weighted by atomic mass is 9.95. The molecule has 2 rings (SSSR count). The largest absolute Gasteiger partial charge is 0.481 e. The third-order valence-electron chi connectivity index (χ3n) is 4.69. The van der Waals surface area contributed by atoms with Crippen molar-refractivity contribution in [2.75, 3.05) is 26.7 Å². The van der Waals surface area contributed by atoms with E-state index in [1.165, 1.54) is 0 Å². The lowest BCUT2D eigenvalue weighted by Gasteiger charge is -2.23. The summed E-state index contributed by atoms with van der Waals surface area (Å²) >= 11 is 0. The Balaban J connectivity index is 1.78. The summed E-state index contributed by atoms with van der Waals surface area (Å²) in [7, 11) is 2.09. The summed E-state index contributed by atoms with van der Waals surface area (Å²) in [4.78, 5) is 25.6. The van der Waals surface area contributed by atoms with E-state index in [1.54, 1.807) is 0 Å². The minimum absolute atomic E-state index is 0.220. The first-order valence-corrected chi connectivity index (χ1v) is 8.02. The van der Waals surface area contributed by atoms with E-state index in [2.05, 4.69) is 22.6 Å². The van der Waals surface area contributed by atoms with E-state index < -0.39 is 11.9 Å². The molecule has 0 bridgehead atoms. The third-order valence-corrected chi connectivity index (χ3v) is 4.69. The lowest BCUT2D eigenvalue weighted by molar-refractivity contribution is -0.142. The van der Waals surface area contributed by atoms with Gasteiger partial charge in [0.1, 0.15) is 0 Å². The molecule has 1 aliphatic carbocycles. The fraction of sp³-hybridized carbons (Fsp3) is 0.867. The predicted octanol–water partition coefficient (Wildman–Crippen LogP) is 1.27. The highest BCUT2D eigenvalue weighted by molar-refractivity contribution is 5.76. The Morgan fingerprint density at radius 1 is 1.19 bits per heavy atom. The van der Waals surface area contributed by atoms with Crippen LogP contribution in [-0.4, -0.2) is 54.7 Å². The molecule has 120 valence electrons. The van der Waals surface area contributed by atoms with Crippen LogP contribution in [0, 0.1) is 11.8 Å². The minimum Gasteiger partial charge on any atom is -0.481 e. The second-order valence-corrected chi connectivity index (χ2v) is 6.46. The first-order valence-electron chi connectivity index (χ1n) is 8.02. The molecule has 1 heterocycles. The molecule has 2 amide bonds. The summed E-state index contributed by atoms with van der Waals surface area (Å²) < 4.78 is 0. The topological polar surface area (TPSA) is 81.7 Å². The zero-order chi connectivity index (χ0) is 15.2. The van der Waals surface area contributed by atoms with Crippen LogP contribution < -0.4 is 10.6 Å². The molecule has 3 atom stereocenters. The van der Waals surface area contributed by atoms with Crippen molar-refractivity contribution >= 4 is 12.0 Å². The number of urea groups is 1. The number of carboxylic acids is 1. The lowest BCUT2D eigenvalue weighted by Crippen LogP contribution is -2.48. The molecule has 3 unspecified atom stereocenters. The Kier molecular flexibility index (Phi) is 5.85. The monoisotopic (exact) mass is 297 g/mol. The van der Waals surface area contributed by atoms with E-state index in [0.29, 0.717) is 18.9 Å². The zero-order valence-corrected chi connectivity index (χ0v) is 12.8. The second-order valence-electron chi connectivity index (χ2n) is 6.46. The SMILES string of the molecule is CN1CCC(CNC(=O)NC2CCCCCC2C(=O)O)C1. The second kappa shape index (κ2) is 7.64. The van der Waals surface area contributed by atoms with Gasteiger partial charge in [-0.3, -0.25) is 4.79 Å². The van der Waals surface area contributed by atoms with Gasteiger partial charge in [0.05, 0.1) is 5.92 Å². The van der Waals surface area contributed by atoms with Crippen LogP contribution in [0.2, 0.25) is 0 Å². The number of likely N-dealkylation sites (tertiary alicyclic amines) is 1. The molecule has 0 aromatic heterocycles. The maximum absolute atomic E-state index is 12.0. The fourth-order valence-electron chi connectivity index (χ4n) is 3.43. The summed E-state index contributed by atoms with van der Waals surface area (Å²) in [6.45, 7) is 2.76. The summed E-state index contributed by atoms with van der Waals surface area (Å²) in [5.74, 6) is -0.736. The quantitative estimate of drug-likeness (QED) is 0.683. The standard InChI is InChI=1S/C15H27N3O3/c1-18-8-7-11(10-18)9-16-15(21)17-13-6-4-2-3-5-12(13)14(19)20/h11-13H,2-10H2,1H3,(H,19,20)(H2,16,17,21). The maximum Gasteiger partial charge on any atom is 0.315 e. The zero-order valence-electron chi connectivity index (χ0n) is 12.8. The molecule has 6 heteroatoms. The van der Waals surface area contributed by atoms with Gasteiger partial charge in [-0.05, 0) is 38.8 Å². The summed E-state index contributed by atoms with van der Waals surface area (Å²) in [6, 6.07) is -0.459. The van der Waals surface area contributed by atoms with Crippen LogP contribution in [0.3, 0.4) is 0 Å². The number of carbonyl (C=O) groups excluding carboxylic acids is 1. The minimum atomic E-state index is -0.792. The van der Waals surface area contributed by atoms with Crippen LogP contribution in [0.1, 0.15) is 38.5 Å². The predicted molar refractivity (Wildman–Crippen MR) is 80.1 cm³/mol. The molecule has 0 spiro atoms. The van der Waals surface area contributed by atoms with Crippen LogP contribution in [0.4, 0.5) is 4.79 Å². The number of hydrogen-bond donors (Lipinski definition) is 3. The van der Waals surface area contributed by atoms with Gasteiger partial charge in [-0.1, -0.05) is 19.3 Å². The van der Waals surface area contributed by atoms with Crippen molar-refractivity contribution in [2.24, 2.45) is 11.8 Å². The number of aliphatic carboxylic acids is 1. The number of carboxylic acid groups (broad SMARTS) is 1. The normalized spacial score (nSPS) is 30.6. The van der Waals surface area contributed by atoms with E-state index >= 15 is 0 Å². The third kappa shape index (κ3) is 4.88. The molecular weight excluding hydrogens is 270 g/mol. The highest BCUT2D eigenvalue weighted by Crippen LogP contribution is 2.23. The van der Waals surface area contributed by atoms with Crippen molar-refractivity contribution in [1.29, 1.82) is 0 Å². The average Bonchev–Trinajstić information content (AvgIpc) is 2.70. The first kappa shape index (κ1) is 16.1. The molecule has 0 radical (unpaired) electrons. The van der Waals surface area contributed by atoms with Gasteiger partial charge in [0.2, 0.25) is 0 Å². The molecule has 2 fully saturated rings. The van der Waals surface area contributed by atoms with Crippen molar-refractivity contribution in [3.05, 3.63) is 0 Å². The smallest absolute Gasteiger partial charge is 0.315 e. The van der Waals surface area contributed by atoms with Crippen molar-refractivity contribution in [2.45, 2.75) is 44.6 Å². The first-order chi connectivity index (χ1) is 10.1. The number of nitrogens with zero attached hydrogens (tertiary/aromatic N) is 1. The van der Waals surface area contributed by atoms with E-state index in [4.69, 9.17) is 0 Å². The fourth-order valence-corrected chi connectivity index (χ4v) is 3.43. The van der Waals surface area contributed by atoms with Crippen molar-refractivity contribution in [1.82, 2.24) is 15.5 Å². The molecule has 0 aromatic carbocycles. The highest BCUT2D eigenvalue weighted by Gasteiger charge is 2.30. The van der Waals surface area contributed by atoms with Gasteiger partial charge in [-0.25, -0.2) is 4.79 Å². The molecule has 1 saturated heterocycles. The summed E-state index contributed by atoms with van der Waals surface area (Å²) in [5, 5.41) is 15.1. The van der Waals surface area contributed by atoms with Crippen LogP contribution in [0.15, 0.2) is 0 Å². The Morgan fingerprint density at radius 2 is 1.95 bits per heavy atom. The van der Waals surface area contributed by atoms with Crippen molar-refractivity contribution < 1.29 is 14.7 Å². The van der Waals surface area contributed by atoms with Crippen LogP contribution in [0.5, 0.6) is 0 Å². The molecule has 6 nitrogen and oxygen atoms in total. The van der Waals surface area contributed by atoms with Gasteiger partial charge < -0.3 is 20.6 Å². The van der Waals surface area contributed by atoms with Crippen LogP contribution >= 0.6 is 0 Å². The molecule has 0 aromatic rings. The number of hydrogen-bond acceptors (Lipinski definition) is 3. The molecule has 3 N–H and O–H groups in total. The molecular formula is C15H27N3O3. The summed E-state index contributed by atoms with van der Waals surface area (Å²) in [5.41, 5.74) is 0. The van der Waals surface area contributed by atoms with Crippen molar-refractivity contribution in [3.8, 4) is 0 Å². The number of rotatable bonds is 4. The van der Waals surface area contributed by atoms with Gasteiger partial charge in [0.25, 0.3) is 0 Å². The van der Waals surface area contributed by atoms with Gasteiger partial charge in [0, 0.05) is 19.1 Å². The number of carbonyl (C=O) groups is 2. The Hall–Kier alpha value is -1.30. The van der Waals surface area contributed by atoms with Crippen LogP contribution in [-0.2, 0) is 4.79 Å². The van der Waals surface area contributed by atoms with E-state index in [-0.39, 0.29) is 12.1 Å². The van der Waals surface area contributed by atoms with Gasteiger partial charge in [-0.2, -0.15) is 0 Å². The Bertz CT molecular complexity index is 375. The van der Waals surface area contributed by atoms with Gasteiger partial charge in [0.15, 0.2) is 0 Å². The number of amides is 2. The highest BCUT2D eigenvalue weighted by atomic mass is 16.4. The van der Waals surface area contributed by atoms with E-state index in [9.17, 15) is 14.7 Å². The average molecular weight is 297 g/mol. The molecule has 2 aliphatic rings. The molecule has 1 saturated carbocycles. The van der Waals surface area contributed by atoms with Gasteiger partial charge >= 0.3 is 12.0 Å². The Labute approximate surface area is 126 Å². The van der Waals surface area contributed by atoms with Gasteiger partial charge in [-0.15, -0.1) is 0 Å². The summed E-state index contributed by atoms with van der Waals surface area (Å²) in [6.07, 6.45) is 5.51. The van der Waals surface area contributed by atoms with Crippen LogP contribution in [0.25, 0.3) is 0 Å². The Morgan fingerprint density at radius 3 is 2.62 bits per heavy atom. The molecule has 21 heavy (non-hydrogen) atoms. The number of nitrogens with one attached hydrogen (secondary N) is 2. The van der Waals surface area contributed by atoms with E-state index in [1.807, 2.05) is 0 Å². The maximum atomic E-state index is 12.0.